The van der Waals surface area contributed by atoms with Crippen molar-refractivity contribution in [3.63, 3.8) is 0 Å². The van der Waals surface area contributed by atoms with Gasteiger partial charge in [-0.3, -0.25) is 9.69 Å². The summed E-state index contributed by atoms with van der Waals surface area (Å²) in [5.74, 6) is 0.0130. The van der Waals surface area contributed by atoms with E-state index in [4.69, 9.17) is 11.6 Å². The van der Waals surface area contributed by atoms with Crippen molar-refractivity contribution < 1.29 is 4.79 Å². The smallest absolute Gasteiger partial charge is 0.225 e. The zero-order valence-electron chi connectivity index (χ0n) is 11.4. The van der Waals surface area contributed by atoms with Crippen LogP contribution < -0.4 is 10.2 Å². The number of hydrogen-bond acceptors (Lipinski definition) is 4. The highest BCUT2D eigenvalue weighted by molar-refractivity contribution is 7.14. The summed E-state index contributed by atoms with van der Waals surface area (Å²) in [5.41, 5.74) is 1.91. The first kappa shape index (κ1) is 14.8. The van der Waals surface area contributed by atoms with Gasteiger partial charge in [-0.1, -0.05) is 11.6 Å². The van der Waals surface area contributed by atoms with E-state index in [0.717, 1.165) is 16.5 Å². The van der Waals surface area contributed by atoms with Gasteiger partial charge in [0, 0.05) is 29.6 Å². The highest BCUT2D eigenvalue weighted by atomic mass is 35.5. The van der Waals surface area contributed by atoms with Crippen LogP contribution in [0.25, 0.3) is 0 Å². The first-order valence-electron chi connectivity index (χ1n) is 6.32. The van der Waals surface area contributed by atoms with Crippen LogP contribution in [0.4, 0.5) is 10.8 Å². The van der Waals surface area contributed by atoms with Crippen LogP contribution in [-0.4, -0.2) is 17.4 Å². The fourth-order valence-electron chi connectivity index (χ4n) is 1.75. The van der Waals surface area contributed by atoms with Crippen molar-refractivity contribution in [3.05, 3.63) is 40.4 Å². The van der Waals surface area contributed by atoms with Crippen LogP contribution in [0.3, 0.4) is 0 Å². The van der Waals surface area contributed by atoms with E-state index >= 15 is 0 Å². The Hall–Kier alpha value is -1.59. The molecule has 1 aromatic carbocycles. The van der Waals surface area contributed by atoms with Crippen molar-refractivity contribution in [1.82, 2.24) is 4.98 Å². The first-order valence-corrected chi connectivity index (χ1v) is 7.58. The average Bonchev–Trinajstić information content (AvgIpc) is 2.87. The molecule has 0 radical (unpaired) electrons. The number of nitrogens with one attached hydrogen (secondary N) is 1. The van der Waals surface area contributed by atoms with Gasteiger partial charge in [0.2, 0.25) is 5.91 Å². The van der Waals surface area contributed by atoms with E-state index in [1.165, 1.54) is 11.3 Å². The fraction of sp³-hybridized carbons (Fsp3) is 0.286. The summed E-state index contributed by atoms with van der Waals surface area (Å²) in [6.07, 6.45) is 0. The molecule has 106 valence electrons. The van der Waals surface area contributed by atoms with Crippen molar-refractivity contribution in [3.8, 4) is 0 Å². The van der Waals surface area contributed by atoms with E-state index in [1.54, 1.807) is 11.8 Å². The number of halogens is 1. The van der Waals surface area contributed by atoms with Crippen molar-refractivity contribution >= 4 is 39.7 Å². The molecule has 2 aromatic rings. The molecule has 20 heavy (non-hydrogen) atoms. The van der Waals surface area contributed by atoms with E-state index in [-0.39, 0.29) is 5.91 Å². The third-order valence-electron chi connectivity index (χ3n) is 2.78. The number of thiazole rings is 1. The Morgan fingerprint density at radius 3 is 2.70 bits per heavy atom. The zero-order valence-corrected chi connectivity index (χ0v) is 13.0. The fourth-order valence-corrected chi connectivity index (χ4v) is 2.81. The Bertz CT molecular complexity index is 582. The minimum atomic E-state index is 0.0130. The molecular formula is C14H16ClN3OS. The van der Waals surface area contributed by atoms with Crippen LogP contribution in [0, 0.1) is 0 Å². The number of amides is 1. The molecule has 0 unspecified atom stereocenters. The molecule has 1 aromatic heterocycles. The van der Waals surface area contributed by atoms with Gasteiger partial charge >= 0.3 is 0 Å². The monoisotopic (exact) mass is 309 g/mol. The minimum absolute atomic E-state index is 0.0130. The average molecular weight is 310 g/mol. The lowest BCUT2D eigenvalue weighted by atomic mass is 10.3. The Labute approximate surface area is 127 Å². The van der Waals surface area contributed by atoms with E-state index in [0.29, 0.717) is 18.1 Å². The summed E-state index contributed by atoms with van der Waals surface area (Å²) in [5, 5.41) is 6.69. The molecule has 2 rings (SSSR count). The number of benzene rings is 1. The number of hydrogen-bond donors (Lipinski definition) is 1. The number of anilines is 2. The Kier molecular flexibility index (Phi) is 4.98. The van der Waals surface area contributed by atoms with Gasteiger partial charge in [0.15, 0.2) is 5.13 Å². The highest BCUT2D eigenvalue weighted by Gasteiger charge is 2.13. The second-order valence-electron chi connectivity index (χ2n) is 4.25. The zero-order chi connectivity index (χ0) is 14.5. The van der Waals surface area contributed by atoms with Crippen molar-refractivity contribution in [2.24, 2.45) is 0 Å². The summed E-state index contributed by atoms with van der Waals surface area (Å²) in [7, 11) is 0. The molecule has 6 heteroatoms. The van der Waals surface area contributed by atoms with Crippen molar-refractivity contribution in [2.45, 2.75) is 20.4 Å². The molecule has 0 bridgehead atoms. The lowest BCUT2D eigenvalue weighted by Crippen LogP contribution is -2.27. The standard InChI is InChI=1S/C14H16ClN3OS/c1-3-18(10(2)19)14-17-13(9-20-14)8-16-12-6-4-11(15)5-7-12/h4-7,9,16H,3,8H2,1-2H3. The number of aromatic nitrogens is 1. The minimum Gasteiger partial charge on any atom is -0.379 e. The van der Waals surface area contributed by atoms with E-state index < -0.39 is 0 Å². The van der Waals surface area contributed by atoms with Crippen LogP contribution in [0.2, 0.25) is 5.02 Å². The lowest BCUT2D eigenvalue weighted by Gasteiger charge is -2.14. The normalized spacial score (nSPS) is 10.3. The SMILES string of the molecule is CCN(C(C)=O)c1nc(CNc2ccc(Cl)cc2)cs1. The maximum Gasteiger partial charge on any atom is 0.225 e. The van der Waals surface area contributed by atoms with Gasteiger partial charge in [-0.05, 0) is 31.2 Å². The van der Waals surface area contributed by atoms with Gasteiger partial charge in [0.1, 0.15) is 0 Å². The van der Waals surface area contributed by atoms with Crippen LogP contribution in [-0.2, 0) is 11.3 Å². The highest BCUT2D eigenvalue weighted by Crippen LogP contribution is 2.21. The van der Waals surface area contributed by atoms with E-state index in [2.05, 4.69) is 10.3 Å². The van der Waals surface area contributed by atoms with Gasteiger partial charge in [-0.2, -0.15) is 0 Å². The molecule has 0 spiro atoms. The molecule has 0 saturated heterocycles. The Balaban J connectivity index is 1.99. The quantitative estimate of drug-likeness (QED) is 0.914. The van der Waals surface area contributed by atoms with Crippen LogP contribution in [0.1, 0.15) is 19.5 Å². The molecule has 0 aliphatic heterocycles. The summed E-state index contributed by atoms with van der Waals surface area (Å²) in [6.45, 7) is 4.74. The second-order valence-corrected chi connectivity index (χ2v) is 5.52. The molecule has 1 heterocycles. The topological polar surface area (TPSA) is 45.2 Å². The predicted molar refractivity (Wildman–Crippen MR) is 84.6 cm³/mol. The summed E-state index contributed by atoms with van der Waals surface area (Å²) in [6, 6.07) is 7.52. The van der Waals surface area contributed by atoms with Gasteiger partial charge < -0.3 is 5.32 Å². The summed E-state index contributed by atoms with van der Waals surface area (Å²) >= 11 is 7.32. The second kappa shape index (κ2) is 6.72. The molecule has 0 fully saturated rings. The van der Waals surface area contributed by atoms with E-state index in [1.807, 2.05) is 36.6 Å². The Morgan fingerprint density at radius 2 is 2.10 bits per heavy atom. The largest absolute Gasteiger partial charge is 0.379 e. The van der Waals surface area contributed by atoms with Crippen LogP contribution >= 0.6 is 22.9 Å². The van der Waals surface area contributed by atoms with Gasteiger partial charge in [0.05, 0.1) is 12.2 Å². The third kappa shape index (κ3) is 3.71. The molecule has 0 aliphatic rings. The number of carbonyl (C=O) groups excluding carboxylic acids is 1. The predicted octanol–water partition coefficient (Wildman–Crippen LogP) is 3.78. The summed E-state index contributed by atoms with van der Waals surface area (Å²) in [4.78, 5) is 17.6. The third-order valence-corrected chi connectivity index (χ3v) is 3.95. The molecule has 0 atom stereocenters. The summed E-state index contributed by atoms with van der Waals surface area (Å²) < 4.78 is 0. The van der Waals surface area contributed by atoms with E-state index in [9.17, 15) is 4.79 Å². The van der Waals surface area contributed by atoms with Gasteiger partial charge in [-0.15, -0.1) is 11.3 Å². The van der Waals surface area contributed by atoms with Crippen molar-refractivity contribution in [2.75, 3.05) is 16.8 Å². The molecule has 4 nitrogen and oxygen atoms in total. The van der Waals surface area contributed by atoms with Crippen LogP contribution in [0.5, 0.6) is 0 Å². The first-order chi connectivity index (χ1) is 9.60. The number of nitrogens with zero attached hydrogens (tertiary/aromatic N) is 2. The van der Waals surface area contributed by atoms with Crippen LogP contribution in [0.15, 0.2) is 29.6 Å². The molecular weight excluding hydrogens is 294 g/mol. The molecule has 1 N–H and O–H groups in total. The molecule has 1 amide bonds. The number of carbonyl (C=O) groups is 1. The maximum atomic E-state index is 11.5. The van der Waals surface area contributed by atoms with Crippen molar-refractivity contribution in [1.29, 1.82) is 0 Å². The lowest BCUT2D eigenvalue weighted by molar-refractivity contribution is -0.116. The maximum absolute atomic E-state index is 11.5. The molecule has 0 aliphatic carbocycles. The van der Waals surface area contributed by atoms with Gasteiger partial charge in [-0.25, -0.2) is 4.98 Å². The van der Waals surface area contributed by atoms with Gasteiger partial charge in [0.25, 0.3) is 0 Å². The number of rotatable bonds is 5. The molecule has 0 saturated carbocycles. The Morgan fingerprint density at radius 1 is 1.40 bits per heavy atom.